The number of benzene rings is 2. The zero-order valence-electron chi connectivity index (χ0n) is 20.5. The number of rotatable bonds is 6. The summed E-state index contributed by atoms with van der Waals surface area (Å²) in [6.07, 6.45) is 0.943. The Morgan fingerprint density at radius 1 is 0.771 bits per heavy atom. The topological polar surface area (TPSA) is 81.2 Å². The van der Waals surface area contributed by atoms with Crippen LogP contribution in [0.25, 0.3) is 0 Å². The van der Waals surface area contributed by atoms with Crippen molar-refractivity contribution >= 4 is 21.8 Å². The van der Waals surface area contributed by atoms with Gasteiger partial charge < -0.3 is 9.80 Å². The molecule has 0 aliphatic carbocycles. The van der Waals surface area contributed by atoms with Gasteiger partial charge in [0, 0.05) is 57.9 Å². The van der Waals surface area contributed by atoms with Gasteiger partial charge in [-0.3, -0.25) is 14.5 Å². The predicted molar refractivity (Wildman–Crippen MR) is 135 cm³/mol. The van der Waals surface area contributed by atoms with Crippen molar-refractivity contribution in [2.45, 2.75) is 25.2 Å². The first-order valence-electron chi connectivity index (χ1n) is 12.2. The van der Waals surface area contributed by atoms with Gasteiger partial charge in [0.05, 0.1) is 11.4 Å². The van der Waals surface area contributed by atoms with Gasteiger partial charge in [0.1, 0.15) is 0 Å². The molecule has 2 amide bonds. The number of nitrogens with zero attached hydrogens (tertiary/aromatic N) is 4. The molecule has 0 radical (unpaired) electrons. The van der Waals surface area contributed by atoms with Crippen LogP contribution in [0.2, 0.25) is 0 Å². The zero-order valence-corrected chi connectivity index (χ0v) is 21.3. The van der Waals surface area contributed by atoms with Gasteiger partial charge in [0.15, 0.2) is 0 Å². The summed E-state index contributed by atoms with van der Waals surface area (Å²) < 4.78 is 27.2. The smallest absolute Gasteiger partial charge is 0.253 e. The van der Waals surface area contributed by atoms with Crippen LogP contribution < -0.4 is 0 Å². The van der Waals surface area contributed by atoms with Crippen molar-refractivity contribution in [2.24, 2.45) is 0 Å². The van der Waals surface area contributed by atoms with E-state index in [1.54, 1.807) is 29.2 Å². The summed E-state index contributed by atoms with van der Waals surface area (Å²) in [6, 6.07) is 14.6. The van der Waals surface area contributed by atoms with Crippen LogP contribution in [0.4, 0.5) is 0 Å². The van der Waals surface area contributed by atoms with Crippen LogP contribution in [0.1, 0.15) is 28.4 Å². The molecule has 2 aliphatic rings. The molecule has 0 saturated carbocycles. The lowest BCUT2D eigenvalue weighted by molar-refractivity contribution is -0.133. The van der Waals surface area contributed by atoms with E-state index in [9.17, 15) is 18.0 Å². The molecule has 8 nitrogen and oxygen atoms in total. The van der Waals surface area contributed by atoms with Crippen molar-refractivity contribution in [1.29, 1.82) is 0 Å². The predicted octanol–water partition coefficient (Wildman–Crippen LogP) is 1.85. The van der Waals surface area contributed by atoms with Crippen LogP contribution in [0.15, 0.2) is 53.4 Å². The molecule has 35 heavy (non-hydrogen) atoms. The summed E-state index contributed by atoms with van der Waals surface area (Å²) in [5, 5.41) is 0. The molecule has 4 rings (SSSR count). The Bertz CT molecular complexity index is 1130. The molecule has 0 spiro atoms. The minimum Gasteiger partial charge on any atom is -0.339 e. The van der Waals surface area contributed by atoms with Crippen LogP contribution in [0.5, 0.6) is 0 Å². The van der Waals surface area contributed by atoms with Gasteiger partial charge in [-0.25, -0.2) is 8.42 Å². The second-order valence-corrected chi connectivity index (χ2v) is 11.2. The van der Waals surface area contributed by atoms with E-state index in [2.05, 4.69) is 11.8 Å². The van der Waals surface area contributed by atoms with E-state index in [-0.39, 0.29) is 23.3 Å². The van der Waals surface area contributed by atoms with Crippen LogP contribution in [-0.2, 0) is 21.2 Å². The number of hydrogen-bond donors (Lipinski definition) is 0. The molecule has 2 aliphatic heterocycles. The Balaban J connectivity index is 1.24. The molecule has 2 aromatic carbocycles. The molecular formula is C26H34N4O4S. The fraction of sp³-hybridized carbons (Fsp3) is 0.462. The normalized spacial score (nSPS) is 18.0. The first-order chi connectivity index (χ1) is 16.8. The van der Waals surface area contributed by atoms with E-state index in [1.165, 1.54) is 9.87 Å². The quantitative estimate of drug-likeness (QED) is 0.607. The van der Waals surface area contributed by atoms with Crippen LogP contribution >= 0.6 is 0 Å². The average Bonchev–Trinajstić information content (AvgIpc) is 2.89. The monoisotopic (exact) mass is 498 g/mol. The fourth-order valence-electron chi connectivity index (χ4n) is 4.50. The fourth-order valence-corrected chi connectivity index (χ4v) is 5.93. The Kier molecular flexibility index (Phi) is 7.88. The van der Waals surface area contributed by atoms with Gasteiger partial charge in [0.25, 0.3) is 5.91 Å². The maximum Gasteiger partial charge on any atom is 0.253 e. The molecule has 0 bridgehead atoms. The van der Waals surface area contributed by atoms with Gasteiger partial charge in [-0.15, -0.1) is 0 Å². The van der Waals surface area contributed by atoms with Gasteiger partial charge in [-0.05, 0) is 43.2 Å². The molecule has 2 saturated heterocycles. The summed E-state index contributed by atoms with van der Waals surface area (Å²) in [4.78, 5) is 31.6. The first-order valence-corrected chi connectivity index (χ1v) is 13.7. The third-order valence-electron chi connectivity index (χ3n) is 6.88. The summed E-state index contributed by atoms with van der Waals surface area (Å²) in [5.41, 5.74) is 2.92. The lowest BCUT2D eigenvalue weighted by atomic mass is 10.1. The van der Waals surface area contributed by atoms with E-state index < -0.39 is 10.0 Å². The first kappa shape index (κ1) is 25.3. The Labute approximate surface area is 208 Å². The molecular weight excluding hydrogens is 464 g/mol. The lowest BCUT2D eigenvalue weighted by Gasteiger charge is -2.37. The van der Waals surface area contributed by atoms with Crippen LogP contribution in [0.3, 0.4) is 0 Å². The maximum absolute atomic E-state index is 12.9. The van der Waals surface area contributed by atoms with Crippen molar-refractivity contribution in [1.82, 2.24) is 19.0 Å². The van der Waals surface area contributed by atoms with E-state index >= 15 is 0 Å². The van der Waals surface area contributed by atoms with Gasteiger partial charge in [-0.2, -0.15) is 4.31 Å². The third kappa shape index (κ3) is 5.91. The molecule has 2 fully saturated rings. The number of hydrogen-bond acceptors (Lipinski definition) is 5. The molecule has 0 N–H and O–H groups in total. The largest absolute Gasteiger partial charge is 0.339 e. The van der Waals surface area contributed by atoms with Crippen molar-refractivity contribution in [2.75, 3.05) is 58.9 Å². The Morgan fingerprint density at radius 2 is 1.34 bits per heavy atom. The average molecular weight is 499 g/mol. The highest BCUT2D eigenvalue weighted by molar-refractivity contribution is 7.89. The summed E-state index contributed by atoms with van der Waals surface area (Å²) in [5.74, 6) is 0.0388. The second kappa shape index (κ2) is 10.9. The number of carbonyl (C=O) groups excluding carboxylic acids is 2. The van der Waals surface area contributed by atoms with Crippen molar-refractivity contribution in [3.8, 4) is 0 Å². The Morgan fingerprint density at radius 3 is 1.91 bits per heavy atom. The van der Waals surface area contributed by atoms with E-state index in [1.807, 2.05) is 36.1 Å². The van der Waals surface area contributed by atoms with Gasteiger partial charge >= 0.3 is 0 Å². The standard InChI is InChI=1S/C26H34N4O4S/c1-3-22-6-8-23(9-7-22)26(32)29-14-12-27(13-15-29)20-25(31)28-16-18-30(19-17-28)35(33,34)24-10-4-21(2)5-11-24/h4-11H,3,12-20H2,1-2H3. The van der Waals surface area contributed by atoms with Crippen molar-refractivity contribution in [3.05, 3.63) is 65.2 Å². The SMILES string of the molecule is CCc1ccc(C(=O)N2CCN(CC(=O)N3CCN(S(=O)(=O)c4ccc(C)cc4)CC3)CC2)cc1. The highest BCUT2D eigenvalue weighted by atomic mass is 32.2. The van der Waals surface area contributed by atoms with Crippen LogP contribution in [-0.4, -0.2) is 98.1 Å². The highest BCUT2D eigenvalue weighted by Crippen LogP contribution is 2.18. The molecule has 9 heteroatoms. The maximum atomic E-state index is 12.9. The summed E-state index contributed by atoms with van der Waals surface area (Å²) in [7, 11) is -3.55. The molecule has 0 unspecified atom stereocenters. The Hall–Kier alpha value is -2.75. The number of amides is 2. The van der Waals surface area contributed by atoms with E-state index in [0.29, 0.717) is 57.9 Å². The van der Waals surface area contributed by atoms with E-state index in [4.69, 9.17) is 0 Å². The number of aryl methyl sites for hydroxylation is 2. The second-order valence-electron chi connectivity index (χ2n) is 9.22. The highest BCUT2D eigenvalue weighted by Gasteiger charge is 2.31. The molecule has 2 heterocycles. The third-order valence-corrected chi connectivity index (χ3v) is 8.79. The summed E-state index contributed by atoms with van der Waals surface area (Å²) in [6.45, 7) is 8.12. The number of carbonyl (C=O) groups is 2. The number of piperazine rings is 2. The van der Waals surface area contributed by atoms with Crippen LogP contribution in [0, 0.1) is 6.92 Å². The molecule has 2 aromatic rings. The van der Waals surface area contributed by atoms with Crippen molar-refractivity contribution < 1.29 is 18.0 Å². The minimum atomic E-state index is -3.55. The van der Waals surface area contributed by atoms with Gasteiger partial charge in [-0.1, -0.05) is 36.8 Å². The lowest BCUT2D eigenvalue weighted by Crippen LogP contribution is -2.55. The molecule has 0 atom stereocenters. The van der Waals surface area contributed by atoms with Crippen molar-refractivity contribution in [3.63, 3.8) is 0 Å². The zero-order chi connectivity index (χ0) is 25.0. The number of sulfonamides is 1. The van der Waals surface area contributed by atoms with Gasteiger partial charge in [0.2, 0.25) is 15.9 Å². The van der Waals surface area contributed by atoms with E-state index in [0.717, 1.165) is 12.0 Å². The molecule has 188 valence electrons. The minimum absolute atomic E-state index is 0.00677. The summed E-state index contributed by atoms with van der Waals surface area (Å²) >= 11 is 0. The molecule has 0 aromatic heterocycles.